The highest BCUT2D eigenvalue weighted by molar-refractivity contribution is 7.80. The van der Waals surface area contributed by atoms with E-state index in [4.69, 9.17) is 5.26 Å². The molecule has 13 heavy (non-hydrogen) atoms. The highest BCUT2D eigenvalue weighted by Gasteiger charge is 1.95. The van der Waals surface area contributed by atoms with Crippen molar-refractivity contribution in [3.8, 4) is 6.07 Å². The van der Waals surface area contributed by atoms with Crippen LogP contribution in [0.25, 0.3) is 6.08 Å². The van der Waals surface area contributed by atoms with E-state index in [2.05, 4.69) is 17.6 Å². The molecule has 0 aromatic carbocycles. The molecule has 0 atom stereocenters. The molecule has 1 rings (SSSR count). The van der Waals surface area contributed by atoms with Crippen LogP contribution < -0.4 is 0 Å². The summed E-state index contributed by atoms with van der Waals surface area (Å²) in [5, 5.41) is 8.71. The molecule has 0 amide bonds. The number of hydrogen-bond acceptors (Lipinski definition) is 3. The van der Waals surface area contributed by atoms with Gasteiger partial charge in [-0.15, -0.1) is 0 Å². The van der Waals surface area contributed by atoms with Gasteiger partial charge in [-0.3, -0.25) is 0 Å². The van der Waals surface area contributed by atoms with Gasteiger partial charge in [0.25, 0.3) is 0 Å². The molecule has 0 saturated heterocycles. The summed E-state index contributed by atoms with van der Waals surface area (Å²) >= 11 is 4.08. The second-order valence-electron chi connectivity index (χ2n) is 2.47. The molecule has 0 fully saturated rings. The third-order valence-electron chi connectivity index (χ3n) is 1.54. The number of aromatic nitrogens is 1. The summed E-state index contributed by atoms with van der Waals surface area (Å²) < 4.78 is 0. The van der Waals surface area contributed by atoms with E-state index in [-0.39, 0.29) is 0 Å². The Kier molecular flexibility index (Phi) is 4.07. The average molecular weight is 190 g/mol. The van der Waals surface area contributed by atoms with Crippen molar-refractivity contribution < 1.29 is 0 Å². The van der Waals surface area contributed by atoms with Gasteiger partial charge in [-0.25, -0.2) is 4.98 Å². The second-order valence-corrected chi connectivity index (χ2v) is 2.91. The van der Waals surface area contributed by atoms with Crippen molar-refractivity contribution >= 4 is 18.7 Å². The summed E-state index contributed by atoms with van der Waals surface area (Å²) in [5.41, 5.74) is 1.34. The maximum atomic E-state index is 8.71. The number of nitrogens with zero attached hydrogens (tertiary/aromatic N) is 2. The van der Waals surface area contributed by atoms with Crippen LogP contribution in [0.1, 0.15) is 17.7 Å². The minimum Gasteiger partial charge on any atom is -0.245 e. The number of nitriles is 1. The molecule has 0 aliphatic rings. The van der Waals surface area contributed by atoms with Gasteiger partial charge in [0.1, 0.15) is 11.8 Å². The molecular formula is C10H10N2S. The lowest BCUT2D eigenvalue weighted by Gasteiger charge is -1.94. The van der Waals surface area contributed by atoms with Crippen LogP contribution in [0.3, 0.4) is 0 Å². The molecule has 0 N–H and O–H groups in total. The van der Waals surface area contributed by atoms with Crippen molar-refractivity contribution in [1.82, 2.24) is 4.98 Å². The van der Waals surface area contributed by atoms with Gasteiger partial charge in [0.2, 0.25) is 0 Å². The highest BCUT2D eigenvalue weighted by atomic mass is 32.1. The van der Waals surface area contributed by atoms with Crippen LogP contribution in [-0.2, 0) is 0 Å². The molecule has 0 radical (unpaired) electrons. The maximum absolute atomic E-state index is 8.71. The lowest BCUT2D eigenvalue weighted by Crippen LogP contribution is -1.85. The molecule has 66 valence electrons. The Labute approximate surface area is 83.3 Å². The molecule has 0 saturated carbocycles. The van der Waals surface area contributed by atoms with E-state index in [9.17, 15) is 0 Å². The molecule has 0 spiro atoms. The van der Waals surface area contributed by atoms with Crippen molar-refractivity contribution in [1.29, 1.82) is 5.26 Å². The van der Waals surface area contributed by atoms with Gasteiger partial charge in [0.15, 0.2) is 0 Å². The number of thiol groups is 1. The van der Waals surface area contributed by atoms with E-state index in [1.165, 1.54) is 0 Å². The van der Waals surface area contributed by atoms with E-state index < -0.39 is 0 Å². The van der Waals surface area contributed by atoms with E-state index in [1.54, 1.807) is 6.20 Å². The van der Waals surface area contributed by atoms with Gasteiger partial charge in [0, 0.05) is 11.8 Å². The maximum Gasteiger partial charge on any atom is 0.147 e. The fourth-order valence-electron chi connectivity index (χ4n) is 0.930. The number of pyridine rings is 1. The molecule has 2 nitrogen and oxygen atoms in total. The number of hydrogen-bond donors (Lipinski definition) is 1. The van der Waals surface area contributed by atoms with Gasteiger partial charge in [-0.2, -0.15) is 17.9 Å². The Balaban J connectivity index is 2.82. The molecule has 1 heterocycles. The SMILES string of the molecule is N#Cc1ncccc1C=CCCS. The topological polar surface area (TPSA) is 36.7 Å². The Morgan fingerprint density at radius 3 is 3.15 bits per heavy atom. The van der Waals surface area contributed by atoms with Crippen LogP contribution in [0.4, 0.5) is 0 Å². The second kappa shape index (κ2) is 5.39. The quantitative estimate of drug-likeness (QED) is 0.742. The first-order chi connectivity index (χ1) is 6.38. The van der Waals surface area contributed by atoms with Crippen molar-refractivity contribution in [3.63, 3.8) is 0 Å². The fourth-order valence-corrected chi connectivity index (χ4v) is 1.08. The lowest BCUT2D eigenvalue weighted by molar-refractivity contribution is 1.24. The summed E-state index contributed by atoms with van der Waals surface area (Å²) in [4.78, 5) is 3.94. The standard InChI is InChI=1S/C10H10N2S/c11-8-10-9(4-1-2-7-13)5-3-6-12-10/h1,3-6,13H,2,7H2. The summed E-state index contributed by atoms with van der Waals surface area (Å²) in [6.07, 6.45) is 6.42. The predicted octanol–water partition coefficient (Wildman–Crippen LogP) is 2.29. The molecule has 0 aliphatic heterocycles. The monoisotopic (exact) mass is 190 g/mol. The third-order valence-corrected chi connectivity index (χ3v) is 1.80. The van der Waals surface area contributed by atoms with E-state index in [1.807, 2.05) is 30.4 Å². The fraction of sp³-hybridized carbons (Fsp3) is 0.200. The first-order valence-corrected chi connectivity index (χ1v) is 4.64. The molecule has 0 unspecified atom stereocenters. The first-order valence-electron chi connectivity index (χ1n) is 4.01. The Morgan fingerprint density at radius 2 is 2.46 bits per heavy atom. The van der Waals surface area contributed by atoms with Gasteiger partial charge in [-0.05, 0) is 18.2 Å². The smallest absolute Gasteiger partial charge is 0.147 e. The van der Waals surface area contributed by atoms with Gasteiger partial charge in [-0.1, -0.05) is 18.2 Å². The molecule has 3 heteroatoms. The Hall–Kier alpha value is -1.27. The zero-order chi connectivity index (χ0) is 9.52. The Bertz CT molecular complexity index is 339. The summed E-state index contributed by atoms with van der Waals surface area (Å²) in [5.74, 6) is 0.818. The van der Waals surface area contributed by atoms with Crippen molar-refractivity contribution in [2.75, 3.05) is 5.75 Å². The highest BCUT2D eigenvalue weighted by Crippen LogP contribution is 2.06. The molecule has 1 aromatic heterocycles. The van der Waals surface area contributed by atoms with Crippen LogP contribution in [0.5, 0.6) is 0 Å². The third kappa shape index (κ3) is 2.92. The molecular weight excluding hydrogens is 180 g/mol. The molecule has 0 bridgehead atoms. The minimum atomic E-state index is 0.470. The van der Waals surface area contributed by atoms with Crippen LogP contribution >= 0.6 is 12.6 Å². The van der Waals surface area contributed by atoms with Crippen LogP contribution in [0.2, 0.25) is 0 Å². The lowest BCUT2D eigenvalue weighted by atomic mass is 10.2. The largest absolute Gasteiger partial charge is 0.245 e. The first kappa shape index (κ1) is 9.82. The van der Waals surface area contributed by atoms with Crippen molar-refractivity contribution in [3.05, 3.63) is 35.7 Å². The van der Waals surface area contributed by atoms with Crippen molar-refractivity contribution in [2.45, 2.75) is 6.42 Å². The van der Waals surface area contributed by atoms with E-state index >= 15 is 0 Å². The predicted molar refractivity (Wildman–Crippen MR) is 56.5 cm³/mol. The van der Waals surface area contributed by atoms with Gasteiger partial charge >= 0.3 is 0 Å². The summed E-state index contributed by atoms with van der Waals surface area (Å²) in [6, 6.07) is 5.74. The van der Waals surface area contributed by atoms with E-state index in [0.29, 0.717) is 5.69 Å². The zero-order valence-electron chi connectivity index (χ0n) is 7.14. The van der Waals surface area contributed by atoms with Crippen molar-refractivity contribution in [2.24, 2.45) is 0 Å². The van der Waals surface area contributed by atoms with Crippen LogP contribution in [0.15, 0.2) is 24.4 Å². The zero-order valence-corrected chi connectivity index (χ0v) is 8.04. The summed E-state index contributed by atoms with van der Waals surface area (Å²) in [6.45, 7) is 0. The average Bonchev–Trinajstić information content (AvgIpc) is 2.19. The van der Waals surface area contributed by atoms with Crippen LogP contribution in [-0.4, -0.2) is 10.7 Å². The van der Waals surface area contributed by atoms with Crippen LogP contribution in [0, 0.1) is 11.3 Å². The number of rotatable bonds is 3. The number of allylic oxidation sites excluding steroid dienone is 1. The Morgan fingerprint density at radius 1 is 1.62 bits per heavy atom. The van der Waals surface area contributed by atoms with Gasteiger partial charge < -0.3 is 0 Å². The van der Waals surface area contributed by atoms with E-state index in [0.717, 1.165) is 17.7 Å². The molecule has 1 aromatic rings. The molecule has 0 aliphatic carbocycles. The summed E-state index contributed by atoms with van der Waals surface area (Å²) in [7, 11) is 0. The van der Waals surface area contributed by atoms with Gasteiger partial charge in [0.05, 0.1) is 0 Å². The normalized spacial score (nSPS) is 10.2. The minimum absolute atomic E-state index is 0.470.